The van der Waals surface area contributed by atoms with Gasteiger partial charge in [-0.15, -0.1) is 5.10 Å². The molecule has 1 aromatic heterocycles. The van der Waals surface area contributed by atoms with Gasteiger partial charge in [-0.25, -0.2) is 8.78 Å². The fourth-order valence-electron chi connectivity index (χ4n) is 3.21. The summed E-state index contributed by atoms with van der Waals surface area (Å²) in [5.41, 5.74) is 1.91. The predicted octanol–water partition coefficient (Wildman–Crippen LogP) is 4.72. The van der Waals surface area contributed by atoms with Crippen LogP contribution in [0.25, 0.3) is 0 Å². The van der Waals surface area contributed by atoms with Gasteiger partial charge in [-0.2, -0.15) is 0 Å². The third-order valence-electron chi connectivity index (χ3n) is 4.87. The topological polar surface area (TPSA) is 56.2 Å². The molecule has 0 aliphatic rings. The second-order valence-electron chi connectivity index (χ2n) is 7.19. The highest BCUT2D eigenvalue weighted by atomic mass is 19.1. The van der Waals surface area contributed by atoms with Crippen LogP contribution in [0.5, 0.6) is 5.88 Å². The molecule has 32 heavy (non-hydrogen) atoms. The van der Waals surface area contributed by atoms with Crippen LogP contribution in [-0.2, 0) is 19.7 Å². The minimum Gasteiger partial charge on any atom is -0.471 e. The van der Waals surface area contributed by atoms with Gasteiger partial charge < -0.3 is 10.1 Å². The van der Waals surface area contributed by atoms with Crippen LogP contribution in [0.1, 0.15) is 27.0 Å². The van der Waals surface area contributed by atoms with Gasteiger partial charge in [-0.1, -0.05) is 66.7 Å². The van der Waals surface area contributed by atoms with Gasteiger partial charge in [0.1, 0.15) is 23.8 Å². The number of ether oxygens (including phenoxy) is 1. The second kappa shape index (κ2) is 9.87. The van der Waals surface area contributed by atoms with Crippen molar-refractivity contribution in [1.29, 1.82) is 0 Å². The first-order chi connectivity index (χ1) is 15.6. The molecule has 1 heterocycles. The lowest BCUT2D eigenvalue weighted by atomic mass is 10.2. The molecule has 0 unspecified atom stereocenters. The highest BCUT2D eigenvalue weighted by Crippen LogP contribution is 2.19. The number of halogens is 2. The summed E-state index contributed by atoms with van der Waals surface area (Å²) in [5.74, 6) is -1.82. The van der Waals surface area contributed by atoms with Crippen molar-refractivity contribution in [2.24, 2.45) is 0 Å². The summed E-state index contributed by atoms with van der Waals surface area (Å²) in [6.07, 6.45) is 1.57. The van der Waals surface area contributed by atoms with Crippen LogP contribution in [0, 0.1) is 11.6 Å². The summed E-state index contributed by atoms with van der Waals surface area (Å²) in [5, 5.41) is 6.98. The number of nitrogens with one attached hydrogen (secondary N) is 1. The Labute approximate surface area is 184 Å². The average Bonchev–Trinajstić information content (AvgIpc) is 3.21. The van der Waals surface area contributed by atoms with E-state index in [1.807, 2.05) is 60.7 Å². The summed E-state index contributed by atoms with van der Waals surface area (Å²) in [7, 11) is 0. The molecular weight excluding hydrogens is 412 g/mol. The number of nitrogens with zero attached hydrogens (tertiary/aromatic N) is 2. The van der Waals surface area contributed by atoms with E-state index in [1.165, 1.54) is 6.07 Å². The van der Waals surface area contributed by atoms with Crippen molar-refractivity contribution >= 4 is 5.91 Å². The number of hydrogen-bond acceptors (Lipinski definition) is 3. The molecule has 0 saturated heterocycles. The van der Waals surface area contributed by atoms with Gasteiger partial charge in [0.2, 0.25) is 5.88 Å². The maximum absolute atomic E-state index is 13.9. The number of amides is 1. The van der Waals surface area contributed by atoms with Gasteiger partial charge >= 0.3 is 0 Å². The van der Waals surface area contributed by atoms with E-state index in [0.717, 1.165) is 23.3 Å². The molecule has 4 aromatic rings. The molecule has 4 rings (SSSR count). The number of carbonyl (C=O) groups is 1. The van der Waals surface area contributed by atoms with Crippen molar-refractivity contribution in [2.75, 3.05) is 0 Å². The molecule has 7 heteroatoms. The fraction of sp³-hybridized carbons (Fsp3) is 0.120. The molecule has 0 spiro atoms. The molecule has 0 atom stereocenters. The lowest BCUT2D eigenvalue weighted by molar-refractivity contribution is 0.0945. The van der Waals surface area contributed by atoms with Crippen LogP contribution >= 0.6 is 0 Å². The zero-order valence-electron chi connectivity index (χ0n) is 17.2. The molecule has 0 aliphatic carbocycles. The second-order valence-corrected chi connectivity index (χ2v) is 7.19. The SMILES string of the molecule is O=C(NCc1c(F)cccc1F)c1cn(Cc2ccccc2)nc1OCc1ccccc1. The standard InChI is InChI=1S/C25H21F2N3O2/c26-22-12-7-13-23(27)20(22)14-28-24(31)21-16-30(15-18-8-3-1-4-9-18)29-25(21)32-17-19-10-5-2-6-11-19/h1-13,16H,14-15,17H2,(H,28,31). The van der Waals surface area contributed by atoms with E-state index in [9.17, 15) is 13.6 Å². The molecule has 0 fully saturated rings. The number of benzene rings is 3. The molecule has 162 valence electrons. The number of rotatable bonds is 8. The highest BCUT2D eigenvalue weighted by Gasteiger charge is 2.19. The average molecular weight is 433 g/mol. The first-order valence-corrected chi connectivity index (χ1v) is 10.1. The van der Waals surface area contributed by atoms with Gasteiger partial charge in [0.05, 0.1) is 6.54 Å². The van der Waals surface area contributed by atoms with Gasteiger partial charge in [-0.05, 0) is 23.3 Å². The van der Waals surface area contributed by atoms with Crippen molar-refractivity contribution < 1.29 is 18.3 Å². The summed E-state index contributed by atoms with van der Waals surface area (Å²) in [4.78, 5) is 12.8. The lowest BCUT2D eigenvalue weighted by Gasteiger charge is -2.08. The Kier molecular flexibility index (Phi) is 6.55. The first-order valence-electron chi connectivity index (χ1n) is 10.1. The predicted molar refractivity (Wildman–Crippen MR) is 116 cm³/mol. The zero-order chi connectivity index (χ0) is 22.3. The smallest absolute Gasteiger partial charge is 0.258 e. The Morgan fingerprint density at radius 2 is 1.50 bits per heavy atom. The molecule has 0 saturated carbocycles. The number of carbonyl (C=O) groups excluding carboxylic acids is 1. The molecule has 1 amide bonds. The maximum atomic E-state index is 13.9. The third kappa shape index (κ3) is 5.18. The molecule has 0 radical (unpaired) electrons. The summed E-state index contributed by atoms with van der Waals surface area (Å²) >= 11 is 0. The number of aromatic nitrogens is 2. The fourth-order valence-corrected chi connectivity index (χ4v) is 3.21. The van der Waals surface area contributed by atoms with Crippen molar-refractivity contribution in [2.45, 2.75) is 19.7 Å². The van der Waals surface area contributed by atoms with E-state index < -0.39 is 17.5 Å². The van der Waals surface area contributed by atoms with E-state index in [2.05, 4.69) is 10.4 Å². The van der Waals surface area contributed by atoms with Crippen LogP contribution in [0.2, 0.25) is 0 Å². The van der Waals surface area contributed by atoms with Crippen molar-refractivity contribution in [3.05, 3.63) is 119 Å². The quantitative estimate of drug-likeness (QED) is 0.438. The highest BCUT2D eigenvalue weighted by molar-refractivity contribution is 5.96. The molecule has 5 nitrogen and oxygen atoms in total. The van der Waals surface area contributed by atoms with E-state index in [-0.39, 0.29) is 30.2 Å². The van der Waals surface area contributed by atoms with Crippen LogP contribution in [0.3, 0.4) is 0 Å². The van der Waals surface area contributed by atoms with Crippen LogP contribution in [0.4, 0.5) is 8.78 Å². The van der Waals surface area contributed by atoms with E-state index in [1.54, 1.807) is 10.9 Å². The van der Waals surface area contributed by atoms with Crippen molar-refractivity contribution in [3.8, 4) is 5.88 Å². The molecule has 3 aromatic carbocycles. The Hall–Kier alpha value is -4.00. The van der Waals surface area contributed by atoms with Gasteiger partial charge in [0, 0.05) is 18.3 Å². The monoisotopic (exact) mass is 433 g/mol. The molecular formula is C25H21F2N3O2. The van der Waals surface area contributed by atoms with E-state index in [0.29, 0.717) is 6.54 Å². The van der Waals surface area contributed by atoms with Crippen LogP contribution < -0.4 is 10.1 Å². The van der Waals surface area contributed by atoms with Crippen LogP contribution in [0.15, 0.2) is 85.1 Å². The minimum atomic E-state index is -0.717. The van der Waals surface area contributed by atoms with Gasteiger partial charge in [0.25, 0.3) is 5.91 Å². The zero-order valence-corrected chi connectivity index (χ0v) is 17.2. The molecule has 0 bridgehead atoms. The normalized spacial score (nSPS) is 10.7. The van der Waals surface area contributed by atoms with Crippen LogP contribution in [-0.4, -0.2) is 15.7 Å². The Balaban J connectivity index is 1.54. The number of hydrogen-bond donors (Lipinski definition) is 1. The Morgan fingerprint density at radius 3 is 2.16 bits per heavy atom. The largest absolute Gasteiger partial charge is 0.471 e. The molecule has 1 N–H and O–H groups in total. The van der Waals surface area contributed by atoms with Gasteiger partial charge in [-0.3, -0.25) is 9.48 Å². The van der Waals surface area contributed by atoms with E-state index in [4.69, 9.17) is 4.74 Å². The lowest BCUT2D eigenvalue weighted by Crippen LogP contribution is -2.24. The third-order valence-corrected chi connectivity index (χ3v) is 4.87. The first kappa shape index (κ1) is 21.2. The Morgan fingerprint density at radius 1 is 0.875 bits per heavy atom. The van der Waals surface area contributed by atoms with Crippen molar-refractivity contribution in [1.82, 2.24) is 15.1 Å². The minimum absolute atomic E-state index is 0.149. The summed E-state index contributed by atoms with van der Waals surface area (Å²) in [6.45, 7) is 0.377. The summed E-state index contributed by atoms with van der Waals surface area (Å²) < 4.78 is 35.2. The van der Waals surface area contributed by atoms with E-state index >= 15 is 0 Å². The van der Waals surface area contributed by atoms with Gasteiger partial charge in [0.15, 0.2) is 0 Å². The Bertz CT molecular complexity index is 1170. The molecule has 0 aliphatic heterocycles. The summed E-state index contributed by atoms with van der Waals surface area (Å²) in [6, 6.07) is 22.7. The maximum Gasteiger partial charge on any atom is 0.258 e. The van der Waals surface area contributed by atoms with Crippen molar-refractivity contribution in [3.63, 3.8) is 0 Å².